The van der Waals surface area contributed by atoms with E-state index in [9.17, 15) is 22.8 Å². The molecule has 0 unspecified atom stereocenters. The summed E-state index contributed by atoms with van der Waals surface area (Å²) < 4.78 is 40.2. The number of aromatic amines is 1. The van der Waals surface area contributed by atoms with Crippen LogP contribution in [0.5, 0.6) is 5.75 Å². The van der Waals surface area contributed by atoms with Gasteiger partial charge in [0.1, 0.15) is 5.75 Å². The highest BCUT2D eigenvalue weighted by Gasteiger charge is 2.31. The molecular weight excluding hydrogens is 275 g/mol. The highest BCUT2D eigenvalue weighted by atomic mass is 19.4. The Labute approximate surface area is 110 Å². The van der Waals surface area contributed by atoms with Gasteiger partial charge in [0.2, 0.25) is 0 Å². The highest BCUT2D eigenvalue weighted by molar-refractivity contribution is 5.73. The van der Waals surface area contributed by atoms with Crippen molar-refractivity contribution >= 4 is 6.29 Å². The number of rotatable bonds is 3. The fourth-order valence-corrected chi connectivity index (χ4v) is 1.65. The SMILES string of the molecule is O=Cc1ccc(-c2cccc(OC(F)(F)F)c2)c(=O)[nH]1. The molecule has 0 fully saturated rings. The van der Waals surface area contributed by atoms with Gasteiger partial charge in [-0.15, -0.1) is 13.2 Å². The maximum Gasteiger partial charge on any atom is 0.573 e. The molecule has 0 radical (unpaired) electrons. The molecule has 1 aromatic heterocycles. The molecule has 7 heteroatoms. The smallest absolute Gasteiger partial charge is 0.406 e. The number of aromatic nitrogens is 1. The van der Waals surface area contributed by atoms with Crippen molar-refractivity contribution in [3.05, 3.63) is 52.4 Å². The van der Waals surface area contributed by atoms with E-state index in [2.05, 4.69) is 9.72 Å². The first-order chi connectivity index (χ1) is 9.39. The van der Waals surface area contributed by atoms with Crippen LogP contribution < -0.4 is 10.3 Å². The second kappa shape index (κ2) is 5.20. The maximum absolute atomic E-state index is 12.1. The first-order valence-corrected chi connectivity index (χ1v) is 5.44. The van der Waals surface area contributed by atoms with Gasteiger partial charge in [-0.3, -0.25) is 9.59 Å². The van der Waals surface area contributed by atoms with Crippen molar-refractivity contribution in [1.82, 2.24) is 4.98 Å². The average Bonchev–Trinajstić information content (AvgIpc) is 2.36. The fourth-order valence-electron chi connectivity index (χ4n) is 1.65. The zero-order chi connectivity index (χ0) is 14.8. The minimum absolute atomic E-state index is 0.0847. The van der Waals surface area contributed by atoms with Gasteiger partial charge in [0.05, 0.1) is 5.69 Å². The van der Waals surface area contributed by atoms with Crippen molar-refractivity contribution in [2.75, 3.05) is 0 Å². The van der Waals surface area contributed by atoms with E-state index in [1.165, 1.54) is 24.3 Å². The van der Waals surface area contributed by atoms with E-state index in [1.807, 2.05) is 0 Å². The van der Waals surface area contributed by atoms with Crippen molar-refractivity contribution < 1.29 is 22.7 Å². The predicted molar refractivity (Wildman–Crippen MR) is 64.6 cm³/mol. The summed E-state index contributed by atoms with van der Waals surface area (Å²) in [4.78, 5) is 24.5. The molecule has 0 bridgehead atoms. The van der Waals surface area contributed by atoms with E-state index >= 15 is 0 Å². The number of aldehydes is 1. The van der Waals surface area contributed by atoms with Crippen LogP contribution in [-0.4, -0.2) is 17.6 Å². The van der Waals surface area contributed by atoms with Crippen molar-refractivity contribution in [1.29, 1.82) is 0 Å². The molecule has 20 heavy (non-hydrogen) atoms. The fraction of sp³-hybridized carbons (Fsp3) is 0.0769. The van der Waals surface area contributed by atoms with Crippen molar-refractivity contribution in [3.8, 4) is 16.9 Å². The molecule has 0 aliphatic carbocycles. The van der Waals surface area contributed by atoms with Gasteiger partial charge < -0.3 is 9.72 Å². The van der Waals surface area contributed by atoms with E-state index in [1.54, 1.807) is 0 Å². The molecule has 0 amide bonds. The van der Waals surface area contributed by atoms with E-state index < -0.39 is 17.7 Å². The summed E-state index contributed by atoms with van der Waals surface area (Å²) in [7, 11) is 0. The Morgan fingerprint density at radius 2 is 1.90 bits per heavy atom. The molecule has 0 saturated carbocycles. The number of carbonyl (C=O) groups is 1. The topological polar surface area (TPSA) is 59.2 Å². The first-order valence-electron chi connectivity index (χ1n) is 5.44. The molecule has 0 atom stereocenters. The standard InChI is InChI=1S/C13H8F3NO3/c14-13(15,16)20-10-3-1-2-8(6-10)11-5-4-9(7-18)17-12(11)19/h1-7H,(H,17,19). The zero-order valence-electron chi connectivity index (χ0n) is 9.90. The van der Waals surface area contributed by atoms with Crippen LogP contribution >= 0.6 is 0 Å². The van der Waals surface area contributed by atoms with E-state index in [-0.39, 0.29) is 16.8 Å². The van der Waals surface area contributed by atoms with Gasteiger partial charge in [-0.2, -0.15) is 0 Å². The molecule has 2 aromatic rings. The second-order valence-corrected chi connectivity index (χ2v) is 3.85. The van der Waals surface area contributed by atoms with Crippen LogP contribution in [0.15, 0.2) is 41.2 Å². The molecular formula is C13H8F3NO3. The number of H-pyrrole nitrogens is 1. The molecule has 0 spiro atoms. The molecule has 1 heterocycles. The number of ether oxygens (including phenoxy) is 1. The van der Waals surface area contributed by atoms with Gasteiger partial charge in [0, 0.05) is 5.56 Å². The Hall–Kier alpha value is -2.57. The second-order valence-electron chi connectivity index (χ2n) is 3.85. The third kappa shape index (κ3) is 3.25. The zero-order valence-corrected chi connectivity index (χ0v) is 9.90. The van der Waals surface area contributed by atoms with Gasteiger partial charge >= 0.3 is 6.36 Å². The first kappa shape index (κ1) is 13.9. The molecule has 0 saturated heterocycles. The van der Waals surface area contributed by atoms with E-state index in [0.717, 1.165) is 12.1 Å². The lowest BCUT2D eigenvalue weighted by atomic mass is 10.1. The summed E-state index contributed by atoms with van der Waals surface area (Å²) in [6.45, 7) is 0. The number of pyridine rings is 1. The van der Waals surface area contributed by atoms with Crippen molar-refractivity contribution in [2.45, 2.75) is 6.36 Å². The van der Waals surface area contributed by atoms with Crippen LogP contribution in [0.3, 0.4) is 0 Å². The quantitative estimate of drug-likeness (QED) is 0.881. The van der Waals surface area contributed by atoms with Crippen molar-refractivity contribution in [2.24, 2.45) is 0 Å². The minimum Gasteiger partial charge on any atom is -0.406 e. The molecule has 2 rings (SSSR count). The van der Waals surface area contributed by atoms with Crippen molar-refractivity contribution in [3.63, 3.8) is 0 Å². The van der Waals surface area contributed by atoms with Crippen LogP contribution in [0.4, 0.5) is 13.2 Å². The van der Waals surface area contributed by atoms with Crippen LogP contribution in [0.1, 0.15) is 10.5 Å². The Bertz CT molecular complexity index is 692. The number of benzene rings is 1. The summed E-state index contributed by atoms with van der Waals surface area (Å²) >= 11 is 0. The van der Waals surface area contributed by atoms with Crippen LogP contribution in [0, 0.1) is 0 Å². The maximum atomic E-state index is 12.1. The number of hydrogen-bond acceptors (Lipinski definition) is 3. The lowest BCUT2D eigenvalue weighted by Gasteiger charge is -2.09. The highest BCUT2D eigenvalue weighted by Crippen LogP contribution is 2.26. The molecule has 104 valence electrons. The summed E-state index contributed by atoms with van der Waals surface area (Å²) in [5.41, 5.74) is -0.0890. The van der Waals surface area contributed by atoms with Gasteiger partial charge in [-0.1, -0.05) is 12.1 Å². The number of hydrogen-bond donors (Lipinski definition) is 1. The lowest BCUT2D eigenvalue weighted by molar-refractivity contribution is -0.274. The summed E-state index contributed by atoms with van der Waals surface area (Å²) in [6, 6.07) is 7.75. The summed E-state index contributed by atoms with van der Waals surface area (Å²) in [5.74, 6) is -0.422. The number of alkyl halides is 3. The molecule has 1 N–H and O–H groups in total. The predicted octanol–water partition coefficient (Wildman–Crippen LogP) is 2.75. The Morgan fingerprint density at radius 3 is 2.50 bits per heavy atom. The number of halogens is 3. The van der Waals surface area contributed by atoms with Crippen LogP contribution in [0.2, 0.25) is 0 Å². The Balaban J connectivity index is 2.41. The molecule has 1 aromatic carbocycles. The third-order valence-corrected chi connectivity index (χ3v) is 2.44. The Kier molecular flexibility index (Phi) is 3.60. The number of carbonyl (C=O) groups excluding carboxylic acids is 1. The Morgan fingerprint density at radius 1 is 1.15 bits per heavy atom. The van der Waals surface area contributed by atoms with Gasteiger partial charge in [-0.25, -0.2) is 0 Å². The largest absolute Gasteiger partial charge is 0.573 e. The lowest BCUT2D eigenvalue weighted by Crippen LogP contribution is -2.17. The van der Waals surface area contributed by atoms with E-state index in [4.69, 9.17) is 0 Å². The molecule has 0 aliphatic rings. The summed E-state index contributed by atoms with van der Waals surface area (Å²) in [5, 5.41) is 0. The monoisotopic (exact) mass is 283 g/mol. The van der Waals surface area contributed by atoms with E-state index in [0.29, 0.717) is 6.29 Å². The van der Waals surface area contributed by atoms with Crippen LogP contribution in [-0.2, 0) is 0 Å². The van der Waals surface area contributed by atoms with Gasteiger partial charge in [0.15, 0.2) is 6.29 Å². The third-order valence-electron chi connectivity index (χ3n) is 2.44. The normalized spacial score (nSPS) is 11.2. The molecule has 4 nitrogen and oxygen atoms in total. The molecule has 0 aliphatic heterocycles. The van der Waals surface area contributed by atoms with Gasteiger partial charge in [0.25, 0.3) is 5.56 Å². The van der Waals surface area contributed by atoms with Gasteiger partial charge in [-0.05, 0) is 29.8 Å². The minimum atomic E-state index is -4.80. The summed E-state index contributed by atoms with van der Waals surface area (Å²) in [6.07, 6.45) is -4.33. The number of nitrogens with one attached hydrogen (secondary N) is 1. The van der Waals surface area contributed by atoms with Crippen LogP contribution in [0.25, 0.3) is 11.1 Å². The average molecular weight is 283 g/mol.